The van der Waals surface area contributed by atoms with E-state index in [1.807, 2.05) is 4.73 Å². The van der Waals surface area contributed by atoms with Crippen molar-refractivity contribution >= 4 is 16.5 Å². The van der Waals surface area contributed by atoms with E-state index >= 15 is 0 Å². The molecule has 0 radical (unpaired) electrons. The summed E-state index contributed by atoms with van der Waals surface area (Å²) in [7, 11) is 1.75. The van der Waals surface area contributed by atoms with Gasteiger partial charge in [-0.05, 0) is 48.3 Å². The van der Waals surface area contributed by atoms with Gasteiger partial charge in [0, 0.05) is 5.39 Å². The molecule has 0 N–H and O–H groups in total. The van der Waals surface area contributed by atoms with Crippen LogP contribution in [0, 0.1) is 11.3 Å². The van der Waals surface area contributed by atoms with Crippen molar-refractivity contribution in [2.75, 3.05) is 7.11 Å². The molecule has 1 aromatic heterocycles. The van der Waals surface area contributed by atoms with Crippen molar-refractivity contribution in [2.24, 2.45) is 11.3 Å². The van der Waals surface area contributed by atoms with E-state index in [0.717, 1.165) is 17.9 Å². The van der Waals surface area contributed by atoms with Crippen molar-refractivity contribution in [1.82, 2.24) is 4.73 Å². The van der Waals surface area contributed by atoms with Crippen molar-refractivity contribution in [1.29, 1.82) is 0 Å². The predicted octanol–water partition coefficient (Wildman–Crippen LogP) is 4.93. The second kappa shape index (κ2) is 5.25. The summed E-state index contributed by atoms with van der Waals surface area (Å²) in [5.41, 5.74) is 4.18. The third-order valence-electron chi connectivity index (χ3n) is 4.81. The van der Waals surface area contributed by atoms with Gasteiger partial charge in [0.25, 0.3) is 0 Å². The van der Waals surface area contributed by atoms with Crippen LogP contribution in [0.2, 0.25) is 0 Å². The lowest BCUT2D eigenvalue weighted by Gasteiger charge is -2.33. The number of para-hydroxylation sites is 1. The molecule has 0 bridgehead atoms. The third kappa shape index (κ3) is 2.59. The molecule has 112 valence electrons. The Morgan fingerprint density at radius 2 is 1.95 bits per heavy atom. The second-order valence-electron chi connectivity index (χ2n) is 7.13. The molecule has 1 heterocycles. The standard InChI is InChI=1S/C19H25NO/c1-19(2,3)16-11-9-14(10-12-16)18-13-15-7-5-6-8-17(15)20(18)21-4/h5-9,13,16H,10-12H2,1-4H3. The number of aromatic nitrogens is 1. The van der Waals surface area contributed by atoms with Gasteiger partial charge in [-0.25, -0.2) is 0 Å². The van der Waals surface area contributed by atoms with E-state index in [1.165, 1.54) is 29.5 Å². The van der Waals surface area contributed by atoms with Gasteiger partial charge in [0.15, 0.2) is 0 Å². The highest BCUT2D eigenvalue weighted by Gasteiger charge is 2.27. The molecule has 0 saturated heterocycles. The molecule has 2 heteroatoms. The first kappa shape index (κ1) is 14.2. The van der Waals surface area contributed by atoms with E-state index in [4.69, 9.17) is 4.84 Å². The highest BCUT2D eigenvalue weighted by molar-refractivity contribution is 5.85. The number of benzene rings is 1. The zero-order valence-corrected chi connectivity index (χ0v) is 13.5. The van der Waals surface area contributed by atoms with Crippen LogP contribution in [0.4, 0.5) is 0 Å². The normalized spacial score (nSPS) is 19.6. The Kier molecular flexibility index (Phi) is 3.56. The van der Waals surface area contributed by atoms with Crippen LogP contribution in [-0.4, -0.2) is 11.8 Å². The number of nitrogens with zero attached hydrogens (tertiary/aromatic N) is 1. The van der Waals surface area contributed by atoms with Gasteiger partial charge in [-0.15, -0.1) is 0 Å². The Bertz CT molecular complexity index is 672. The average molecular weight is 283 g/mol. The Labute approximate surface area is 127 Å². The molecule has 2 aromatic rings. The molecule has 1 aliphatic carbocycles. The lowest BCUT2D eigenvalue weighted by molar-refractivity contribution is 0.176. The molecule has 3 rings (SSSR count). The summed E-state index contributed by atoms with van der Waals surface area (Å²) < 4.78 is 1.97. The molecule has 21 heavy (non-hydrogen) atoms. The van der Waals surface area contributed by atoms with Crippen LogP contribution in [0.15, 0.2) is 36.4 Å². The Morgan fingerprint density at radius 3 is 2.57 bits per heavy atom. The first-order valence-electron chi connectivity index (χ1n) is 7.85. The van der Waals surface area contributed by atoms with Gasteiger partial charge < -0.3 is 4.84 Å². The SMILES string of the molecule is COn1c(C2=CCC(C(C)(C)C)CC2)cc2ccccc21. The third-order valence-corrected chi connectivity index (χ3v) is 4.81. The zero-order valence-electron chi connectivity index (χ0n) is 13.5. The molecule has 1 aromatic carbocycles. The lowest BCUT2D eigenvalue weighted by atomic mass is 9.73. The van der Waals surface area contributed by atoms with Crippen molar-refractivity contribution in [2.45, 2.75) is 40.0 Å². The Hall–Kier alpha value is -1.70. The molecule has 0 saturated carbocycles. The minimum Gasteiger partial charge on any atom is -0.417 e. The maximum Gasteiger partial charge on any atom is 0.104 e. The zero-order chi connectivity index (χ0) is 15.0. The minimum absolute atomic E-state index is 0.399. The fraction of sp³-hybridized carbons (Fsp3) is 0.474. The fourth-order valence-corrected chi connectivity index (χ4v) is 3.40. The second-order valence-corrected chi connectivity index (χ2v) is 7.13. The van der Waals surface area contributed by atoms with Crippen molar-refractivity contribution in [3.05, 3.63) is 42.1 Å². The fourth-order valence-electron chi connectivity index (χ4n) is 3.40. The van der Waals surface area contributed by atoms with Gasteiger partial charge in [0.1, 0.15) is 7.11 Å². The number of hydrogen-bond donors (Lipinski definition) is 0. The summed E-state index contributed by atoms with van der Waals surface area (Å²) in [4.78, 5) is 5.62. The van der Waals surface area contributed by atoms with Gasteiger partial charge in [0.05, 0.1) is 11.2 Å². The molecule has 2 nitrogen and oxygen atoms in total. The maximum atomic E-state index is 5.62. The molecule has 0 fully saturated rings. The number of fused-ring (bicyclic) bond motifs is 1. The molecule has 0 amide bonds. The van der Waals surface area contributed by atoms with Crippen molar-refractivity contribution < 1.29 is 4.84 Å². The van der Waals surface area contributed by atoms with Crippen LogP contribution < -0.4 is 4.84 Å². The quantitative estimate of drug-likeness (QED) is 0.762. The van der Waals surface area contributed by atoms with Crippen LogP contribution >= 0.6 is 0 Å². The number of hydrogen-bond acceptors (Lipinski definition) is 1. The van der Waals surface area contributed by atoms with E-state index in [-0.39, 0.29) is 0 Å². The molecule has 0 aliphatic heterocycles. The highest BCUT2D eigenvalue weighted by Crippen LogP contribution is 2.40. The summed E-state index contributed by atoms with van der Waals surface area (Å²) in [5, 5.41) is 1.24. The summed E-state index contributed by atoms with van der Waals surface area (Å²) in [5.74, 6) is 0.779. The molecule has 1 atom stereocenters. The molecule has 1 aliphatic rings. The summed E-state index contributed by atoms with van der Waals surface area (Å²) in [6.07, 6.45) is 6.00. The van der Waals surface area contributed by atoms with Gasteiger partial charge in [-0.2, -0.15) is 4.73 Å². The van der Waals surface area contributed by atoms with Gasteiger partial charge in [-0.3, -0.25) is 0 Å². The van der Waals surface area contributed by atoms with Crippen LogP contribution in [0.3, 0.4) is 0 Å². The largest absolute Gasteiger partial charge is 0.417 e. The smallest absolute Gasteiger partial charge is 0.104 e. The lowest BCUT2D eigenvalue weighted by Crippen LogP contribution is -2.22. The van der Waals surface area contributed by atoms with Crippen LogP contribution in [0.5, 0.6) is 0 Å². The van der Waals surface area contributed by atoms with E-state index in [9.17, 15) is 0 Å². The number of rotatable bonds is 2. The molecule has 1 unspecified atom stereocenters. The molecular formula is C19H25NO. The average Bonchev–Trinajstić information content (AvgIpc) is 2.85. The maximum absolute atomic E-state index is 5.62. The highest BCUT2D eigenvalue weighted by atomic mass is 16.6. The van der Waals surface area contributed by atoms with Crippen LogP contribution in [0.1, 0.15) is 45.7 Å². The van der Waals surface area contributed by atoms with Crippen molar-refractivity contribution in [3.63, 3.8) is 0 Å². The summed E-state index contributed by atoms with van der Waals surface area (Å²) in [6.45, 7) is 7.05. The molecular weight excluding hydrogens is 258 g/mol. The van der Waals surface area contributed by atoms with Gasteiger partial charge in [0.2, 0.25) is 0 Å². The minimum atomic E-state index is 0.399. The van der Waals surface area contributed by atoms with Gasteiger partial charge >= 0.3 is 0 Å². The monoisotopic (exact) mass is 283 g/mol. The van der Waals surface area contributed by atoms with E-state index in [0.29, 0.717) is 5.41 Å². The predicted molar refractivity (Wildman–Crippen MR) is 89.2 cm³/mol. The van der Waals surface area contributed by atoms with Crippen LogP contribution in [0.25, 0.3) is 16.5 Å². The first-order chi connectivity index (χ1) is 10.0. The summed E-state index contributed by atoms with van der Waals surface area (Å²) in [6, 6.07) is 10.7. The molecule has 0 spiro atoms. The number of allylic oxidation sites excluding steroid dienone is 2. The van der Waals surface area contributed by atoms with E-state index < -0.39 is 0 Å². The topological polar surface area (TPSA) is 14.2 Å². The van der Waals surface area contributed by atoms with Crippen molar-refractivity contribution in [3.8, 4) is 0 Å². The Morgan fingerprint density at radius 1 is 1.19 bits per heavy atom. The van der Waals surface area contributed by atoms with Crippen LogP contribution in [-0.2, 0) is 0 Å². The summed E-state index contributed by atoms with van der Waals surface area (Å²) >= 11 is 0. The van der Waals surface area contributed by atoms with E-state index in [1.54, 1.807) is 7.11 Å². The van der Waals surface area contributed by atoms with Gasteiger partial charge in [-0.1, -0.05) is 45.0 Å². The van der Waals surface area contributed by atoms with E-state index in [2.05, 4.69) is 57.2 Å². The Balaban J connectivity index is 1.97. The first-order valence-corrected chi connectivity index (χ1v) is 7.85.